The lowest BCUT2D eigenvalue weighted by molar-refractivity contribution is 0.000911. The summed E-state index contributed by atoms with van der Waals surface area (Å²) < 4.78 is 58.7. The Balaban J connectivity index is 1.26. The van der Waals surface area contributed by atoms with Gasteiger partial charge in [-0.25, -0.2) is 23.4 Å². The topological polar surface area (TPSA) is 131 Å². The van der Waals surface area contributed by atoms with Crippen molar-refractivity contribution in [1.82, 2.24) is 24.8 Å². The molecule has 16 heteroatoms. The van der Waals surface area contributed by atoms with Crippen LogP contribution < -0.4 is 19.7 Å². The molecule has 4 fully saturated rings. The molecule has 9 rings (SSSR count). The summed E-state index contributed by atoms with van der Waals surface area (Å²) >= 11 is 0. The van der Waals surface area contributed by atoms with Crippen LogP contribution >= 0.6 is 0 Å². The number of carbonyl (C=O) groups is 2. The number of nitrogens with zero attached hydrogens (tertiary/aromatic N) is 6. The van der Waals surface area contributed by atoms with Crippen molar-refractivity contribution in [3.8, 4) is 34.6 Å². The van der Waals surface area contributed by atoms with Crippen molar-refractivity contribution in [2.75, 3.05) is 36.5 Å². The summed E-state index contributed by atoms with van der Waals surface area (Å²) in [5, 5.41) is 4.50. The lowest BCUT2D eigenvalue weighted by Gasteiger charge is -2.48. The highest BCUT2D eigenvalue weighted by molar-refractivity contribution is 6.90. The maximum Gasteiger partial charge on any atom is 0.412 e. The van der Waals surface area contributed by atoms with Crippen molar-refractivity contribution in [3.63, 3.8) is 0 Å². The minimum absolute atomic E-state index is 0.0663. The third kappa shape index (κ3) is 9.19. The van der Waals surface area contributed by atoms with E-state index in [2.05, 4.69) is 74.7 Å². The number of fused-ring (bicyclic) bond motifs is 7. The van der Waals surface area contributed by atoms with Crippen LogP contribution in [0.15, 0.2) is 42.5 Å². The van der Waals surface area contributed by atoms with E-state index in [1.54, 1.807) is 26.8 Å². The Kier molecular flexibility index (Phi) is 12.9. The lowest BCUT2D eigenvalue weighted by atomic mass is 9.93. The van der Waals surface area contributed by atoms with Gasteiger partial charge in [-0.15, -0.1) is 5.54 Å². The first kappa shape index (κ1) is 50.4. The van der Waals surface area contributed by atoms with Gasteiger partial charge in [0.1, 0.15) is 60.6 Å². The van der Waals surface area contributed by atoms with Gasteiger partial charge in [-0.05, 0) is 108 Å². The number of benzene rings is 2. The molecule has 71 heavy (non-hydrogen) atoms. The summed E-state index contributed by atoms with van der Waals surface area (Å²) in [4.78, 5) is 48.4. The van der Waals surface area contributed by atoms with Crippen molar-refractivity contribution in [3.05, 3.63) is 53.9 Å². The normalized spacial score (nSPS) is 24.3. The molecule has 0 radical (unpaired) electrons. The Labute approximate surface area is 418 Å². The first-order valence-electron chi connectivity index (χ1n) is 25.4. The second-order valence-electron chi connectivity index (χ2n) is 23.6. The average molecular weight is 992 g/mol. The summed E-state index contributed by atoms with van der Waals surface area (Å²) in [6, 6.07) is 8.24. The van der Waals surface area contributed by atoms with Crippen LogP contribution in [0.3, 0.4) is 0 Å². The van der Waals surface area contributed by atoms with Gasteiger partial charge in [-0.1, -0.05) is 71.7 Å². The van der Waals surface area contributed by atoms with E-state index in [0.29, 0.717) is 76.0 Å². The number of hydrogen-bond acceptors (Lipinski definition) is 11. The Morgan fingerprint density at radius 2 is 1.68 bits per heavy atom. The van der Waals surface area contributed by atoms with Crippen molar-refractivity contribution in [1.29, 1.82) is 0 Å². The van der Waals surface area contributed by atoms with Gasteiger partial charge < -0.3 is 23.8 Å². The molecule has 2 aromatic carbocycles. The molecule has 0 saturated carbocycles. The summed E-state index contributed by atoms with van der Waals surface area (Å²) in [5.74, 6) is 3.37. The molecule has 1 N–H and O–H groups in total. The van der Waals surface area contributed by atoms with E-state index in [-0.39, 0.29) is 60.1 Å². The maximum atomic E-state index is 18.5. The fraction of sp³-hybridized carbons (Fsp3) is 0.582. The number of halogens is 2. The number of nitrogens with one attached hydrogen (secondary N) is 1. The molecule has 7 heterocycles. The van der Waals surface area contributed by atoms with Crippen LogP contribution in [-0.2, 0) is 9.47 Å². The number of piperazine rings is 1. The van der Waals surface area contributed by atoms with Gasteiger partial charge in [0.05, 0.1) is 23.7 Å². The molecule has 2 amide bonds. The lowest BCUT2D eigenvalue weighted by Crippen LogP contribution is -2.65. The highest BCUT2D eigenvalue weighted by Crippen LogP contribution is 2.49. The molecule has 4 aromatic rings. The fourth-order valence-corrected chi connectivity index (χ4v) is 17.9. The molecular weight excluding hydrogens is 921 g/mol. The van der Waals surface area contributed by atoms with E-state index in [1.807, 2.05) is 56.9 Å². The van der Waals surface area contributed by atoms with Gasteiger partial charge in [-0.3, -0.25) is 15.1 Å². The Morgan fingerprint density at radius 1 is 0.972 bits per heavy atom. The monoisotopic (exact) mass is 992 g/mol. The van der Waals surface area contributed by atoms with E-state index >= 15 is 8.78 Å². The van der Waals surface area contributed by atoms with Crippen molar-refractivity contribution >= 4 is 53.4 Å². The molecule has 1 unspecified atom stereocenters. The maximum absolute atomic E-state index is 18.5. The highest BCUT2D eigenvalue weighted by Gasteiger charge is 2.55. The summed E-state index contributed by atoms with van der Waals surface area (Å²) in [6.07, 6.45) is -0.439. The van der Waals surface area contributed by atoms with Gasteiger partial charge in [0, 0.05) is 48.3 Å². The van der Waals surface area contributed by atoms with E-state index in [9.17, 15) is 9.59 Å². The van der Waals surface area contributed by atoms with Crippen LogP contribution in [0.1, 0.15) is 121 Å². The standard InChI is InChI=1S/C55H71F2N7O6Si/c1-30(2)71(31(3)4,32(5)6)21-20-35-16-15-17-36-22-38(58-51(65)69-53(9,10)11)23-40(42(35)36)45-44(57)46-43-48(61-50(60-46)67-29-55-24-33(7)26-62(55)27-37(56)25-55)63-28-39-18-19-41(47(63)34(8)68-49(43)59-45)64(39)52(66)70-54(12,13)14/h15-17,22-23,30-32,34,37,39,41,47H,7,18-19,24-29H2,1-6,8-14H3,(H,58,65)/t34-,37+,39+,41-,47+,55?/m0/s1. The zero-order chi connectivity index (χ0) is 51.3. The van der Waals surface area contributed by atoms with Crippen molar-refractivity contribution in [2.45, 2.75) is 179 Å². The van der Waals surface area contributed by atoms with Gasteiger partial charge in [0.2, 0.25) is 5.88 Å². The fourth-order valence-electron chi connectivity index (χ4n) is 12.7. The summed E-state index contributed by atoms with van der Waals surface area (Å²) in [6.45, 7) is 31.9. The molecule has 4 saturated heterocycles. The third-order valence-corrected chi connectivity index (χ3v) is 21.7. The average Bonchev–Trinajstić information content (AvgIpc) is 3.82. The largest absolute Gasteiger partial charge is 0.472 e. The van der Waals surface area contributed by atoms with Gasteiger partial charge in [0.15, 0.2) is 5.82 Å². The number of carbonyl (C=O) groups excluding carboxylic acids is 2. The predicted octanol–water partition coefficient (Wildman–Crippen LogP) is 11.8. The Hall–Kier alpha value is -5.53. The van der Waals surface area contributed by atoms with Crippen LogP contribution in [0.25, 0.3) is 32.9 Å². The quantitative estimate of drug-likeness (QED) is 0.103. The van der Waals surface area contributed by atoms with Gasteiger partial charge in [-0.2, -0.15) is 9.97 Å². The number of amides is 2. The number of alkyl halides is 1. The number of pyridine rings is 1. The summed E-state index contributed by atoms with van der Waals surface area (Å²) in [7, 11) is -2.25. The molecule has 6 atom stereocenters. The van der Waals surface area contributed by atoms with Crippen molar-refractivity contribution in [2.24, 2.45) is 0 Å². The molecule has 2 aromatic heterocycles. The number of rotatable bonds is 8. The molecule has 2 bridgehead atoms. The van der Waals surface area contributed by atoms with Gasteiger partial charge >= 0.3 is 18.2 Å². The zero-order valence-electron chi connectivity index (χ0n) is 43.8. The number of anilines is 2. The van der Waals surface area contributed by atoms with E-state index in [1.165, 1.54) is 0 Å². The second kappa shape index (κ2) is 18.2. The number of aromatic nitrogens is 3. The van der Waals surface area contributed by atoms with Crippen LogP contribution in [0.4, 0.5) is 29.9 Å². The molecule has 380 valence electrons. The second-order valence-corrected chi connectivity index (χ2v) is 29.2. The van der Waals surface area contributed by atoms with Crippen LogP contribution in [0, 0.1) is 17.3 Å². The van der Waals surface area contributed by atoms with E-state index in [0.717, 1.165) is 12.0 Å². The van der Waals surface area contributed by atoms with Crippen LogP contribution in [0.5, 0.6) is 11.9 Å². The minimum Gasteiger partial charge on any atom is -0.472 e. The summed E-state index contributed by atoms with van der Waals surface area (Å²) in [5.41, 5.74) is 5.07. The molecular formula is C55H71F2N7O6Si. The van der Waals surface area contributed by atoms with E-state index < -0.39 is 61.1 Å². The van der Waals surface area contributed by atoms with Crippen LogP contribution in [-0.4, -0.2) is 118 Å². The van der Waals surface area contributed by atoms with Crippen LogP contribution in [0.2, 0.25) is 16.6 Å². The molecule has 5 aliphatic rings. The first-order chi connectivity index (χ1) is 33.3. The SMILES string of the molecule is C=C1CN2C[C@H](F)CC2(COc2nc3c4c(nc(-c5cc(NC(=O)OC(C)(C)C)cc6cccc(C#C[Si](C(C)C)(C(C)C)C(C)C)c56)c(F)c4n2)O[C@@H](C)[C@@H]2[C@@H]4CC[C@H](CN32)N4C(=O)OC(C)(C)C)C1. The predicted molar refractivity (Wildman–Crippen MR) is 277 cm³/mol. The molecule has 5 aliphatic heterocycles. The van der Waals surface area contributed by atoms with E-state index in [4.69, 9.17) is 33.9 Å². The highest BCUT2D eigenvalue weighted by atomic mass is 28.3. The van der Waals surface area contributed by atoms with Gasteiger partial charge in [0.25, 0.3) is 0 Å². The molecule has 0 spiro atoms. The molecule has 13 nitrogen and oxygen atoms in total. The molecule has 0 aliphatic carbocycles. The third-order valence-electron chi connectivity index (χ3n) is 15.4. The first-order valence-corrected chi connectivity index (χ1v) is 27.7. The Bertz CT molecular complexity index is 2850. The zero-order valence-corrected chi connectivity index (χ0v) is 44.8. The number of ether oxygens (including phenoxy) is 4. The number of hydrogen-bond donors (Lipinski definition) is 1. The smallest absolute Gasteiger partial charge is 0.412 e. The van der Waals surface area contributed by atoms with Crippen molar-refractivity contribution < 1.29 is 37.3 Å². The Morgan fingerprint density at radius 3 is 2.35 bits per heavy atom. The minimum atomic E-state index is -2.25.